The van der Waals surface area contributed by atoms with Crippen LogP contribution in [0.25, 0.3) is 11.2 Å². The SMILES string of the molecule is CCCc1nc2cccnc2n1CC1CCS(=O)(=O)C1. The zero-order chi connectivity index (χ0) is 14.2. The van der Waals surface area contributed by atoms with Crippen LogP contribution in [0.1, 0.15) is 25.6 Å². The van der Waals surface area contributed by atoms with E-state index in [1.165, 1.54) is 0 Å². The van der Waals surface area contributed by atoms with Gasteiger partial charge in [-0.15, -0.1) is 0 Å². The number of imidazole rings is 1. The summed E-state index contributed by atoms with van der Waals surface area (Å²) in [6.45, 7) is 2.83. The highest BCUT2D eigenvalue weighted by Gasteiger charge is 2.29. The molecule has 2 aromatic rings. The van der Waals surface area contributed by atoms with Crippen LogP contribution in [0.4, 0.5) is 0 Å². The Morgan fingerprint density at radius 2 is 2.30 bits per heavy atom. The molecule has 3 rings (SSSR count). The van der Waals surface area contributed by atoms with Crippen molar-refractivity contribution in [2.24, 2.45) is 5.92 Å². The first kappa shape index (κ1) is 13.5. The largest absolute Gasteiger partial charge is 0.312 e. The molecule has 1 unspecified atom stereocenters. The molecule has 0 amide bonds. The number of fused-ring (bicyclic) bond motifs is 1. The minimum Gasteiger partial charge on any atom is -0.312 e. The van der Waals surface area contributed by atoms with Crippen molar-refractivity contribution in [2.75, 3.05) is 11.5 Å². The molecule has 0 saturated carbocycles. The Morgan fingerprint density at radius 3 is 3.00 bits per heavy atom. The number of aromatic nitrogens is 3. The van der Waals surface area contributed by atoms with Gasteiger partial charge in [0.1, 0.15) is 11.3 Å². The van der Waals surface area contributed by atoms with Gasteiger partial charge in [0.25, 0.3) is 0 Å². The van der Waals surface area contributed by atoms with E-state index in [0.29, 0.717) is 18.1 Å². The van der Waals surface area contributed by atoms with Crippen molar-refractivity contribution in [3.8, 4) is 0 Å². The number of aryl methyl sites for hydroxylation is 1. The standard InChI is InChI=1S/C14H19N3O2S/c1-2-4-13-16-12-5-3-7-15-14(12)17(13)9-11-6-8-20(18,19)10-11/h3,5,7,11H,2,4,6,8-10H2,1H3. The Bertz CT molecular complexity index is 721. The van der Waals surface area contributed by atoms with E-state index in [4.69, 9.17) is 0 Å². The summed E-state index contributed by atoms with van der Waals surface area (Å²) < 4.78 is 25.3. The van der Waals surface area contributed by atoms with E-state index in [9.17, 15) is 8.42 Å². The van der Waals surface area contributed by atoms with Crippen LogP contribution in [-0.4, -0.2) is 34.5 Å². The van der Waals surface area contributed by atoms with Crippen molar-refractivity contribution in [1.29, 1.82) is 0 Å². The third kappa shape index (κ3) is 2.57. The Hall–Kier alpha value is -1.43. The molecule has 1 fully saturated rings. The number of rotatable bonds is 4. The lowest BCUT2D eigenvalue weighted by molar-refractivity contribution is 0.483. The Morgan fingerprint density at radius 1 is 1.45 bits per heavy atom. The summed E-state index contributed by atoms with van der Waals surface area (Å²) in [5, 5.41) is 0. The second-order valence-corrected chi connectivity index (χ2v) is 7.73. The van der Waals surface area contributed by atoms with Crippen LogP contribution >= 0.6 is 0 Å². The van der Waals surface area contributed by atoms with Gasteiger partial charge in [-0.05, 0) is 30.9 Å². The molecule has 5 nitrogen and oxygen atoms in total. The van der Waals surface area contributed by atoms with E-state index < -0.39 is 9.84 Å². The number of hydrogen-bond acceptors (Lipinski definition) is 4. The van der Waals surface area contributed by atoms with Crippen molar-refractivity contribution in [3.05, 3.63) is 24.2 Å². The average Bonchev–Trinajstić information content (AvgIpc) is 2.92. The average molecular weight is 293 g/mol. The molecule has 3 heterocycles. The summed E-state index contributed by atoms with van der Waals surface area (Å²) >= 11 is 0. The molecule has 6 heteroatoms. The van der Waals surface area contributed by atoms with Gasteiger partial charge in [-0.25, -0.2) is 18.4 Å². The monoisotopic (exact) mass is 293 g/mol. The van der Waals surface area contributed by atoms with Crippen molar-refractivity contribution in [1.82, 2.24) is 14.5 Å². The first-order chi connectivity index (χ1) is 9.59. The van der Waals surface area contributed by atoms with Gasteiger partial charge < -0.3 is 4.57 Å². The summed E-state index contributed by atoms with van der Waals surface area (Å²) in [6.07, 6.45) is 4.43. The quantitative estimate of drug-likeness (QED) is 0.862. The molecule has 0 aliphatic carbocycles. The summed E-state index contributed by atoms with van der Waals surface area (Å²) in [5.74, 6) is 1.83. The lowest BCUT2D eigenvalue weighted by atomic mass is 10.1. The van der Waals surface area contributed by atoms with E-state index in [0.717, 1.165) is 36.3 Å². The molecule has 1 saturated heterocycles. The van der Waals surface area contributed by atoms with E-state index >= 15 is 0 Å². The normalized spacial score (nSPS) is 21.6. The smallest absolute Gasteiger partial charge is 0.159 e. The number of nitrogens with zero attached hydrogens (tertiary/aromatic N) is 3. The van der Waals surface area contributed by atoms with Crippen LogP contribution in [0, 0.1) is 5.92 Å². The molecule has 0 aromatic carbocycles. The molecule has 1 aliphatic rings. The van der Waals surface area contributed by atoms with E-state index in [1.807, 2.05) is 12.1 Å². The van der Waals surface area contributed by atoms with E-state index in [1.54, 1.807) is 6.20 Å². The van der Waals surface area contributed by atoms with Crippen LogP contribution in [-0.2, 0) is 22.8 Å². The number of pyridine rings is 1. The predicted molar refractivity (Wildman–Crippen MR) is 78.3 cm³/mol. The fourth-order valence-electron chi connectivity index (χ4n) is 2.89. The molecule has 20 heavy (non-hydrogen) atoms. The predicted octanol–water partition coefficient (Wildman–Crippen LogP) is 1.82. The summed E-state index contributed by atoms with van der Waals surface area (Å²) in [6, 6.07) is 3.85. The molecular formula is C14H19N3O2S. The van der Waals surface area contributed by atoms with Crippen molar-refractivity contribution >= 4 is 21.0 Å². The minimum absolute atomic E-state index is 0.190. The van der Waals surface area contributed by atoms with Crippen LogP contribution in [0.15, 0.2) is 18.3 Å². The molecule has 2 aromatic heterocycles. The van der Waals surface area contributed by atoms with Crippen LogP contribution in [0.3, 0.4) is 0 Å². The van der Waals surface area contributed by atoms with Crippen molar-refractivity contribution in [3.63, 3.8) is 0 Å². The maximum atomic E-state index is 11.6. The Balaban J connectivity index is 1.95. The topological polar surface area (TPSA) is 64.8 Å². The molecule has 0 spiro atoms. The minimum atomic E-state index is -2.83. The molecule has 1 aliphatic heterocycles. The lowest BCUT2D eigenvalue weighted by Gasteiger charge is -2.12. The molecule has 0 N–H and O–H groups in total. The van der Waals surface area contributed by atoms with Crippen molar-refractivity contribution in [2.45, 2.75) is 32.7 Å². The zero-order valence-corrected chi connectivity index (χ0v) is 12.4. The molecule has 0 bridgehead atoms. The number of hydrogen-bond donors (Lipinski definition) is 0. The van der Waals surface area contributed by atoms with Crippen LogP contribution in [0.2, 0.25) is 0 Å². The molecular weight excluding hydrogens is 274 g/mol. The van der Waals surface area contributed by atoms with Crippen LogP contribution in [0.5, 0.6) is 0 Å². The Kier molecular flexibility index (Phi) is 3.50. The van der Waals surface area contributed by atoms with Gasteiger partial charge in [0.05, 0.1) is 11.5 Å². The van der Waals surface area contributed by atoms with Gasteiger partial charge in [0.15, 0.2) is 15.5 Å². The highest BCUT2D eigenvalue weighted by molar-refractivity contribution is 7.91. The van der Waals surface area contributed by atoms with E-state index in [-0.39, 0.29) is 5.92 Å². The molecule has 0 radical (unpaired) electrons. The first-order valence-corrected chi connectivity index (χ1v) is 8.92. The highest BCUT2D eigenvalue weighted by atomic mass is 32.2. The molecule has 108 valence electrons. The maximum absolute atomic E-state index is 11.6. The summed E-state index contributed by atoms with van der Waals surface area (Å²) in [7, 11) is -2.83. The second-order valence-electron chi connectivity index (χ2n) is 5.50. The molecule has 1 atom stereocenters. The third-order valence-electron chi connectivity index (χ3n) is 3.82. The van der Waals surface area contributed by atoms with Gasteiger partial charge in [-0.2, -0.15) is 0 Å². The number of sulfone groups is 1. The van der Waals surface area contributed by atoms with Gasteiger partial charge in [0, 0.05) is 19.2 Å². The van der Waals surface area contributed by atoms with Crippen molar-refractivity contribution < 1.29 is 8.42 Å². The highest BCUT2D eigenvalue weighted by Crippen LogP contribution is 2.23. The fourth-order valence-corrected chi connectivity index (χ4v) is 4.74. The fraction of sp³-hybridized carbons (Fsp3) is 0.571. The third-order valence-corrected chi connectivity index (χ3v) is 5.66. The van der Waals surface area contributed by atoms with Gasteiger partial charge in [-0.3, -0.25) is 0 Å². The van der Waals surface area contributed by atoms with E-state index in [2.05, 4.69) is 21.5 Å². The van der Waals surface area contributed by atoms with Gasteiger partial charge >= 0.3 is 0 Å². The van der Waals surface area contributed by atoms with Gasteiger partial charge in [0.2, 0.25) is 0 Å². The Labute approximate surface area is 119 Å². The zero-order valence-electron chi connectivity index (χ0n) is 11.6. The summed E-state index contributed by atoms with van der Waals surface area (Å²) in [4.78, 5) is 9.05. The second kappa shape index (κ2) is 5.16. The maximum Gasteiger partial charge on any atom is 0.159 e. The van der Waals surface area contributed by atoms with Crippen LogP contribution < -0.4 is 0 Å². The summed E-state index contributed by atoms with van der Waals surface area (Å²) in [5.41, 5.74) is 1.78. The first-order valence-electron chi connectivity index (χ1n) is 7.09. The lowest BCUT2D eigenvalue weighted by Crippen LogP contribution is -2.15. The van der Waals surface area contributed by atoms with Gasteiger partial charge in [-0.1, -0.05) is 6.92 Å².